The first-order chi connectivity index (χ1) is 12.4. The van der Waals surface area contributed by atoms with E-state index in [1.54, 1.807) is 26.3 Å². The molecule has 4 nitrogen and oxygen atoms in total. The molecule has 2 aromatic carbocycles. The van der Waals surface area contributed by atoms with Crippen molar-refractivity contribution in [1.82, 2.24) is 4.31 Å². The monoisotopic (exact) mass is 373 g/mol. The Kier molecular flexibility index (Phi) is 5.68. The average molecular weight is 374 g/mol. The standard InChI is InChI=1S/C21H27NO3S/c1-16(15-17-9-5-4-6-10-17)22(2)26(23,24)21-14-13-20(25-3)18-11-7-8-12-19(18)21/h4-6,9-10,13-14,16H,7-8,11-12,15H2,1-3H3. The quantitative estimate of drug-likeness (QED) is 0.773. The van der Waals surface area contributed by atoms with E-state index in [9.17, 15) is 8.42 Å². The summed E-state index contributed by atoms with van der Waals surface area (Å²) < 4.78 is 33.6. The second-order valence-corrected chi connectivity index (χ2v) is 8.96. The van der Waals surface area contributed by atoms with Gasteiger partial charge in [0.15, 0.2) is 0 Å². The summed E-state index contributed by atoms with van der Waals surface area (Å²) in [5, 5.41) is 0. The Morgan fingerprint density at radius 2 is 1.69 bits per heavy atom. The topological polar surface area (TPSA) is 46.6 Å². The van der Waals surface area contributed by atoms with Gasteiger partial charge in [-0.1, -0.05) is 30.3 Å². The van der Waals surface area contributed by atoms with Gasteiger partial charge in [0.05, 0.1) is 12.0 Å². The molecule has 0 N–H and O–H groups in total. The van der Waals surface area contributed by atoms with Crippen LogP contribution in [0.3, 0.4) is 0 Å². The molecular formula is C21H27NO3S. The molecule has 1 atom stereocenters. The molecular weight excluding hydrogens is 346 g/mol. The highest BCUT2D eigenvalue weighted by molar-refractivity contribution is 7.89. The lowest BCUT2D eigenvalue weighted by Crippen LogP contribution is -2.37. The number of rotatable bonds is 6. The Hall–Kier alpha value is -1.85. The maximum atomic E-state index is 13.3. The van der Waals surface area contributed by atoms with Gasteiger partial charge in [0.25, 0.3) is 0 Å². The lowest BCUT2D eigenvalue weighted by Gasteiger charge is -2.28. The predicted octanol–water partition coefficient (Wildman–Crippen LogP) is 3.83. The third-order valence-corrected chi connectivity index (χ3v) is 7.38. The molecule has 0 heterocycles. The molecule has 0 spiro atoms. The number of likely N-dealkylation sites (N-methyl/N-ethyl adjacent to an activating group) is 1. The van der Waals surface area contributed by atoms with Crippen LogP contribution in [0.15, 0.2) is 47.4 Å². The number of hydrogen-bond donors (Lipinski definition) is 0. The van der Waals surface area contributed by atoms with Gasteiger partial charge >= 0.3 is 0 Å². The number of benzene rings is 2. The number of methoxy groups -OCH3 is 1. The van der Waals surface area contributed by atoms with Crippen LogP contribution >= 0.6 is 0 Å². The minimum Gasteiger partial charge on any atom is -0.496 e. The molecule has 0 saturated heterocycles. The molecule has 5 heteroatoms. The van der Waals surface area contributed by atoms with Crippen LogP contribution < -0.4 is 4.74 Å². The Morgan fingerprint density at radius 3 is 2.35 bits per heavy atom. The van der Waals surface area contributed by atoms with Crippen LogP contribution in [0.5, 0.6) is 5.75 Å². The number of sulfonamides is 1. The summed E-state index contributed by atoms with van der Waals surface area (Å²) in [5.41, 5.74) is 3.14. The molecule has 0 fully saturated rings. The van der Waals surface area contributed by atoms with Crippen LogP contribution in [0.1, 0.15) is 36.5 Å². The van der Waals surface area contributed by atoms with Crippen molar-refractivity contribution in [3.8, 4) is 5.75 Å². The highest BCUT2D eigenvalue weighted by atomic mass is 32.2. The SMILES string of the molecule is COc1ccc(S(=O)(=O)N(C)C(C)Cc2ccccc2)c2c1CCCC2. The van der Waals surface area contributed by atoms with E-state index in [0.717, 1.165) is 48.1 Å². The minimum absolute atomic E-state index is 0.122. The summed E-state index contributed by atoms with van der Waals surface area (Å²) in [4.78, 5) is 0.440. The second-order valence-electron chi connectivity index (χ2n) is 6.99. The molecule has 140 valence electrons. The van der Waals surface area contributed by atoms with Gasteiger partial charge in [-0.05, 0) is 67.9 Å². The smallest absolute Gasteiger partial charge is 0.243 e. The van der Waals surface area contributed by atoms with Crippen LogP contribution in [-0.4, -0.2) is 32.9 Å². The van der Waals surface area contributed by atoms with Crippen LogP contribution in [0.2, 0.25) is 0 Å². The van der Waals surface area contributed by atoms with Crippen molar-refractivity contribution in [2.45, 2.75) is 50.0 Å². The second kappa shape index (κ2) is 7.80. The third kappa shape index (κ3) is 3.64. The van der Waals surface area contributed by atoms with Crippen LogP contribution in [0.25, 0.3) is 0 Å². The fourth-order valence-corrected chi connectivity index (χ4v) is 5.35. The molecule has 26 heavy (non-hydrogen) atoms. The molecule has 2 aromatic rings. The van der Waals surface area contributed by atoms with E-state index in [-0.39, 0.29) is 6.04 Å². The molecule has 0 aromatic heterocycles. The van der Waals surface area contributed by atoms with Gasteiger partial charge in [-0.15, -0.1) is 0 Å². The molecule has 0 saturated carbocycles. The molecule has 1 unspecified atom stereocenters. The largest absolute Gasteiger partial charge is 0.496 e. The fourth-order valence-electron chi connectivity index (χ4n) is 3.71. The molecule has 0 amide bonds. The third-order valence-electron chi connectivity index (χ3n) is 5.32. The van der Waals surface area contributed by atoms with Gasteiger partial charge in [-0.25, -0.2) is 8.42 Å². The summed E-state index contributed by atoms with van der Waals surface area (Å²) >= 11 is 0. The molecule has 0 aliphatic heterocycles. The summed E-state index contributed by atoms with van der Waals surface area (Å²) in [6, 6.07) is 13.4. The minimum atomic E-state index is -3.55. The highest BCUT2D eigenvalue weighted by Gasteiger charge is 2.30. The van der Waals surface area contributed by atoms with Crippen molar-refractivity contribution < 1.29 is 13.2 Å². The fraction of sp³-hybridized carbons (Fsp3) is 0.429. The summed E-state index contributed by atoms with van der Waals surface area (Å²) in [7, 11) is -0.219. The van der Waals surface area contributed by atoms with Crippen molar-refractivity contribution in [3.05, 3.63) is 59.2 Å². The van der Waals surface area contributed by atoms with E-state index in [2.05, 4.69) is 0 Å². The number of hydrogen-bond acceptors (Lipinski definition) is 3. The highest BCUT2D eigenvalue weighted by Crippen LogP contribution is 2.35. The Labute approximate surface area is 156 Å². The zero-order valence-corrected chi connectivity index (χ0v) is 16.6. The maximum Gasteiger partial charge on any atom is 0.243 e. The number of fused-ring (bicyclic) bond motifs is 1. The molecule has 0 radical (unpaired) electrons. The molecule has 1 aliphatic carbocycles. The lowest BCUT2D eigenvalue weighted by molar-refractivity contribution is 0.385. The zero-order valence-electron chi connectivity index (χ0n) is 15.7. The van der Waals surface area contributed by atoms with Crippen molar-refractivity contribution in [2.75, 3.05) is 14.2 Å². The number of nitrogens with zero attached hydrogens (tertiary/aromatic N) is 1. The predicted molar refractivity (Wildman–Crippen MR) is 104 cm³/mol. The summed E-state index contributed by atoms with van der Waals surface area (Å²) in [6.45, 7) is 1.96. The van der Waals surface area contributed by atoms with Gasteiger partial charge in [0.2, 0.25) is 10.0 Å². The van der Waals surface area contributed by atoms with Crippen molar-refractivity contribution >= 4 is 10.0 Å². The lowest BCUT2D eigenvalue weighted by atomic mass is 9.91. The van der Waals surface area contributed by atoms with Crippen molar-refractivity contribution in [2.24, 2.45) is 0 Å². The van der Waals surface area contributed by atoms with E-state index in [1.807, 2.05) is 37.3 Å². The maximum absolute atomic E-state index is 13.3. The van der Waals surface area contributed by atoms with E-state index >= 15 is 0 Å². The first-order valence-corrected chi connectivity index (χ1v) is 10.6. The van der Waals surface area contributed by atoms with E-state index < -0.39 is 10.0 Å². The first kappa shape index (κ1) is 18.9. The van der Waals surface area contributed by atoms with E-state index in [4.69, 9.17) is 4.74 Å². The molecule has 0 bridgehead atoms. The van der Waals surface area contributed by atoms with Crippen molar-refractivity contribution in [1.29, 1.82) is 0 Å². The van der Waals surface area contributed by atoms with Gasteiger partial charge in [-0.3, -0.25) is 0 Å². The van der Waals surface area contributed by atoms with Gasteiger partial charge in [-0.2, -0.15) is 4.31 Å². The average Bonchev–Trinajstić information content (AvgIpc) is 2.67. The zero-order chi connectivity index (χ0) is 18.7. The van der Waals surface area contributed by atoms with Gasteiger partial charge in [0.1, 0.15) is 5.75 Å². The Morgan fingerprint density at radius 1 is 1.04 bits per heavy atom. The summed E-state index contributed by atoms with van der Waals surface area (Å²) in [5.74, 6) is 0.804. The molecule has 1 aliphatic rings. The van der Waals surface area contributed by atoms with Gasteiger partial charge in [0, 0.05) is 13.1 Å². The van der Waals surface area contributed by atoms with E-state index in [1.165, 1.54) is 4.31 Å². The van der Waals surface area contributed by atoms with Crippen molar-refractivity contribution in [3.63, 3.8) is 0 Å². The Balaban J connectivity index is 1.92. The Bertz CT molecular complexity index is 862. The molecule has 3 rings (SSSR count). The van der Waals surface area contributed by atoms with E-state index in [0.29, 0.717) is 11.3 Å². The first-order valence-electron chi connectivity index (χ1n) is 9.16. The van der Waals surface area contributed by atoms with Crippen LogP contribution in [0, 0.1) is 0 Å². The van der Waals surface area contributed by atoms with Crippen LogP contribution in [-0.2, 0) is 29.3 Å². The normalized spacial score (nSPS) is 15.5. The summed E-state index contributed by atoms with van der Waals surface area (Å²) in [6.07, 6.45) is 4.46. The van der Waals surface area contributed by atoms with Gasteiger partial charge < -0.3 is 4.74 Å². The van der Waals surface area contributed by atoms with Crippen LogP contribution in [0.4, 0.5) is 0 Å². The number of ether oxygens (including phenoxy) is 1.